The van der Waals surface area contributed by atoms with E-state index in [0.29, 0.717) is 17.1 Å². The second kappa shape index (κ2) is 16.6. The Kier molecular flexibility index (Phi) is 12.9. The van der Waals surface area contributed by atoms with E-state index in [1.54, 1.807) is 11.5 Å². The number of hydrogen-bond donors (Lipinski definition) is 4. The van der Waals surface area contributed by atoms with Gasteiger partial charge in [-0.05, 0) is 42.5 Å². The van der Waals surface area contributed by atoms with E-state index < -0.39 is 57.4 Å². The van der Waals surface area contributed by atoms with Gasteiger partial charge in [-0.25, -0.2) is 33.1 Å². The fourth-order valence-corrected chi connectivity index (χ4v) is 4.51. The molecule has 0 unspecified atom stereocenters. The summed E-state index contributed by atoms with van der Waals surface area (Å²) >= 11 is 12.7. The van der Waals surface area contributed by atoms with Gasteiger partial charge in [-0.2, -0.15) is 13.2 Å². The monoisotopic (exact) mass is 737 g/mol. The zero-order chi connectivity index (χ0) is 35.6. The van der Waals surface area contributed by atoms with Crippen LogP contribution in [0.2, 0.25) is 9.49 Å². The molecule has 1 heterocycles. The van der Waals surface area contributed by atoms with Gasteiger partial charge >= 0.3 is 12.2 Å². The first-order chi connectivity index (χ1) is 22.6. The van der Waals surface area contributed by atoms with Crippen LogP contribution in [0.5, 0.6) is 11.5 Å². The lowest BCUT2D eigenvalue weighted by molar-refractivity contribution is -0.485. The highest BCUT2D eigenvalue weighted by molar-refractivity contribution is 7.15. The fraction of sp³-hybridized carbons (Fsp3) is 0.111. The minimum absolute atomic E-state index is 0.0875. The number of carbonyl (C=O) groups excluding carboxylic acids is 2. The first-order valence-corrected chi connectivity index (χ1v) is 14.3. The summed E-state index contributed by atoms with van der Waals surface area (Å²) in [4.78, 5) is 38.6. The van der Waals surface area contributed by atoms with E-state index in [4.69, 9.17) is 27.9 Å². The van der Waals surface area contributed by atoms with Crippen LogP contribution in [0.3, 0.4) is 0 Å². The summed E-state index contributed by atoms with van der Waals surface area (Å²) in [7, 11) is 1.54. The maximum absolute atomic E-state index is 14.3. The van der Waals surface area contributed by atoms with Gasteiger partial charge in [0.1, 0.15) is 39.6 Å². The highest BCUT2D eigenvalue weighted by atomic mass is 35.5. The summed E-state index contributed by atoms with van der Waals surface area (Å²) in [6, 6.07) is 6.68. The number of nitrogens with one attached hydrogen (secondary N) is 4. The molecular formula is C27H19Cl2F6N7O5S. The number of aromatic nitrogens is 1. The number of imide groups is 1. The van der Waals surface area contributed by atoms with Gasteiger partial charge in [-0.3, -0.25) is 10.1 Å². The van der Waals surface area contributed by atoms with Crippen LogP contribution >= 0.6 is 34.5 Å². The summed E-state index contributed by atoms with van der Waals surface area (Å²) in [5.74, 6) is -5.09. The number of halogens is 8. The third-order valence-electron chi connectivity index (χ3n) is 5.47. The smallest absolute Gasteiger partial charge is 0.416 e. The number of urea groups is 1. The number of rotatable bonds is 7. The van der Waals surface area contributed by atoms with Crippen LogP contribution in [0, 0.1) is 27.6 Å². The number of benzene rings is 3. The third-order valence-corrected chi connectivity index (χ3v) is 6.88. The Morgan fingerprint density at radius 1 is 1.04 bits per heavy atom. The van der Waals surface area contributed by atoms with Crippen LogP contribution in [0.15, 0.2) is 65.9 Å². The van der Waals surface area contributed by atoms with Crippen molar-refractivity contribution in [3.05, 3.63) is 114 Å². The lowest BCUT2D eigenvalue weighted by Gasteiger charge is -2.12. The molecule has 48 heavy (non-hydrogen) atoms. The molecule has 0 radical (unpaired) electrons. The molecule has 4 N–H and O–H groups in total. The Bertz CT molecular complexity index is 1820. The van der Waals surface area contributed by atoms with E-state index in [2.05, 4.69) is 20.7 Å². The van der Waals surface area contributed by atoms with Crippen molar-refractivity contribution in [3.8, 4) is 11.5 Å². The summed E-state index contributed by atoms with van der Waals surface area (Å²) in [5, 5.41) is 21.0. The summed E-state index contributed by atoms with van der Waals surface area (Å²) in [5.41, 5.74) is -2.42. The van der Waals surface area contributed by atoms with Crippen LogP contribution in [0.25, 0.3) is 0 Å². The predicted octanol–water partition coefficient (Wildman–Crippen LogP) is 7.18. The first kappa shape index (κ1) is 37.3. The maximum atomic E-state index is 14.3. The molecule has 3 aromatic carbocycles. The van der Waals surface area contributed by atoms with Crippen LogP contribution in [0.1, 0.15) is 20.8 Å². The van der Waals surface area contributed by atoms with Crippen molar-refractivity contribution < 1.29 is 45.7 Å². The zero-order valence-electron chi connectivity index (χ0n) is 23.8. The molecule has 0 fully saturated rings. The van der Waals surface area contributed by atoms with E-state index >= 15 is 0 Å². The molecule has 0 bridgehead atoms. The summed E-state index contributed by atoms with van der Waals surface area (Å²) in [6.45, 7) is 0.387. The van der Waals surface area contributed by atoms with Crippen molar-refractivity contribution in [3.63, 3.8) is 0 Å². The lowest BCUT2D eigenvalue weighted by atomic mass is 10.2. The minimum atomic E-state index is -4.61. The van der Waals surface area contributed by atoms with Crippen molar-refractivity contribution in [1.29, 1.82) is 0 Å². The van der Waals surface area contributed by atoms with Gasteiger partial charge in [0, 0.05) is 24.2 Å². The number of nitro groups is 1. The quantitative estimate of drug-likeness (QED) is 0.0510. The third kappa shape index (κ3) is 11.0. The first-order valence-electron chi connectivity index (χ1n) is 12.7. The van der Waals surface area contributed by atoms with Crippen LogP contribution in [-0.2, 0) is 12.7 Å². The molecule has 0 atom stereocenters. The number of thiazole rings is 1. The van der Waals surface area contributed by atoms with Gasteiger partial charge in [0.25, 0.3) is 11.9 Å². The molecule has 254 valence electrons. The lowest BCUT2D eigenvalue weighted by Crippen LogP contribution is -2.35. The molecule has 0 saturated heterocycles. The average molecular weight is 738 g/mol. The molecule has 0 aliphatic carbocycles. The second-order valence-corrected chi connectivity index (χ2v) is 10.9. The summed E-state index contributed by atoms with van der Waals surface area (Å²) < 4.78 is 85.3. The van der Waals surface area contributed by atoms with E-state index in [0.717, 1.165) is 53.4 Å². The molecule has 0 saturated carbocycles. The Balaban J connectivity index is 0.000000348. The average Bonchev–Trinajstić information content (AvgIpc) is 3.42. The van der Waals surface area contributed by atoms with Crippen molar-refractivity contribution in [2.45, 2.75) is 12.7 Å². The molecule has 4 aromatic rings. The van der Waals surface area contributed by atoms with Gasteiger partial charge < -0.3 is 20.7 Å². The van der Waals surface area contributed by atoms with E-state index in [9.17, 15) is 46.0 Å². The minimum Gasteiger partial charge on any atom is -0.456 e. The molecular weight excluding hydrogens is 719 g/mol. The molecule has 21 heteroatoms. The predicted molar refractivity (Wildman–Crippen MR) is 163 cm³/mol. The van der Waals surface area contributed by atoms with Crippen LogP contribution in [-0.4, -0.2) is 35.0 Å². The highest BCUT2D eigenvalue weighted by Gasteiger charge is 2.31. The standard InChI is InChI=1S/C21H11ClF6N2O3.C6H8ClN5O2S/c22-12-8-10(21(26,27)28)4-7-17(12)33-11-5-6-16(15(25)9-11)29-20(32)30-19(31)18-13(23)2-1-3-14(18)24;1-8-6(11-12(13)14)10-3-4-2-9-5(7)15-4/h1-9H,(H2,29,30,31,32);2H,3H2,1H3,(H2,8,10,11). The van der Waals surface area contributed by atoms with Crippen molar-refractivity contribution in [2.24, 2.45) is 5.10 Å². The van der Waals surface area contributed by atoms with Gasteiger partial charge in [0.05, 0.1) is 22.8 Å². The van der Waals surface area contributed by atoms with E-state index in [1.165, 1.54) is 18.4 Å². The number of amides is 3. The molecule has 12 nitrogen and oxygen atoms in total. The number of anilines is 1. The Morgan fingerprint density at radius 2 is 1.73 bits per heavy atom. The van der Waals surface area contributed by atoms with E-state index in [-0.39, 0.29) is 22.5 Å². The number of hydrogen-bond acceptors (Lipinski definition) is 7. The van der Waals surface area contributed by atoms with Gasteiger partial charge in [-0.1, -0.05) is 29.3 Å². The second-order valence-electron chi connectivity index (χ2n) is 8.76. The molecule has 4 rings (SSSR count). The Morgan fingerprint density at radius 3 is 2.27 bits per heavy atom. The van der Waals surface area contributed by atoms with Crippen molar-refractivity contribution >= 4 is 58.1 Å². The number of nitrogens with zero attached hydrogens (tertiary/aromatic N) is 3. The molecule has 3 amide bonds. The number of carbonyl (C=O) groups is 2. The van der Waals surface area contributed by atoms with Gasteiger partial charge in [0.2, 0.25) is 0 Å². The molecule has 1 aromatic heterocycles. The van der Waals surface area contributed by atoms with Crippen molar-refractivity contribution in [1.82, 2.24) is 20.9 Å². The van der Waals surface area contributed by atoms with Crippen LogP contribution < -0.4 is 26.0 Å². The van der Waals surface area contributed by atoms with Crippen molar-refractivity contribution in [2.75, 3.05) is 12.4 Å². The number of hydrazone groups is 1. The fourth-order valence-electron chi connectivity index (χ4n) is 3.37. The highest BCUT2D eigenvalue weighted by Crippen LogP contribution is 2.37. The SMILES string of the molecule is CNC(=N[N+](=O)[O-])NCc1cnc(Cl)s1.O=C(NC(=O)c1c(F)cccc1F)Nc1ccc(Oc2ccc(C(F)(F)F)cc2Cl)cc1F. The number of alkyl halides is 3. The van der Waals surface area contributed by atoms with E-state index in [1.807, 2.05) is 5.32 Å². The maximum Gasteiger partial charge on any atom is 0.416 e. The normalized spacial score (nSPS) is 11.1. The Labute approximate surface area is 279 Å². The molecule has 0 aliphatic heterocycles. The van der Waals surface area contributed by atoms with Crippen LogP contribution in [0.4, 0.5) is 36.8 Å². The zero-order valence-corrected chi connectivity index (χ0v) is 26.1. The molecule has 0 aliphatic rings. The summed E-state index contributed by atoms with van der Waals surface area (Å²) in [6.07, 6.45) is -3.01. The van der Waals surface area contributed by atoms with Gasteiger partial charge in [-0.15, -0.1) is 11.3 Å². The number of guanidine groups is 1. The number of ether oxygens (including phenoxy) is 1. The molecule has 0 spiro atoms. The topological polar surface area (TPSA) is 160 Å². The largest absolute Gasteiger partial charge is 0.456 e. The van der Waals surface area contributed by atoms with Gasteiger partial charge in [0.15, 0.2) is 9.50 Å². The Hall–Kier alpha value is -5.14.